The quantitative estimate of drug-likeness (QED) is 0.681. The standard InChI is InChI=1S/C14H15N5O3S2/c20-11-6-9(15-13-18(11)3-5-23-13)8-24-14-17-16-12(21)19(14)7-10-2-1-4-22-10/h3,5-6,10H,1-2,4,7-8H2,(H,16,21). The highest BCUT2D eigenvalue weighted by Crippen LogP contribution is 2.21. The lowest BCUT2D eigenvalue weighted by atomic mass is 10.2. The van der Waals surface area contributed by atoms with Crippen molar-refractivity contribution >= 4 is 28.1 Å². The number of hydrogen-bond donors (Lipinski definition) is 1. The van der Waals surface area contributed by atoms with Gasteiger partial charge in [0.25, 0.3) is 5.56 Å². The second-order valence-corrected chi connectivity index (χ2v) is 7.30. The molecule has 10 heteroatoms. The monoisotopic (exact) mass is 365 g/mol. The molecule has 4 heterocycles. The Balaban J connectivity index is 1.52. The molecule has 0 bridgehead atoms. The highest BCUT2D eigenvalue weighted by atomic mass is 32.2. The molecular weight excluding hydrogens is 350 g/mol. The number of nitrogens with one attached hydrogen (secondary N) is 1. The molecule has 1 unspecified atom stereocenters. The number of rotatable bonds is 5. The molecule has 8 nitrogen and oxygen atoms in total. The number of ether oxygens (including phenoxy) is 1. The van der Waals surface area contributed by atoms with Crippen molar-refractivity contribution in [3.63, 3.8) is 0 Å². The molecular formula is C14H15N5O3S2. The van der Waals surface area contributed by atoms with Crippen LogP contribution in [0.3, 0.4) is 0 Å². The van der Waals surface area contributed by atoms with Crippen molar-refractivity contribution < 1.29 is 4.74 Å². The minimum absolute atomic E-state index is 0.0601. The zero-order valence-electron chi connectivity index (χ0n) is 12.7. The Morgan fingerprint density at radius 3 is 3.21 bits per heavy atom. The maximum atomic E-state index is 12.0. The van der Waals surface area contributed by atoms with Gasteiger partial charge < -0.3 is 4.74 Å². The van der Waals surface area contributed by atoms with Gasteiger partial charge in [0.05, 0.1) is 18.3 Å². The lowest BCUT2D eigenvalue weighted by Gasteiger charge is -2.10. The van der Waals surface area contributed by atoms with Crippen molar-refractivity contribution in [3.8, 4) is 0 Å². The number of thiazole rings is 1. The number of nitrogens with zero attached hydrogens (tertiary/aromatic N) is 4. The maximum Gasteiger partial charge on any atom is 0.344 e. The predicted octanol–water partition coefficient (Wildman–Crippen LogP) is 1.11. The molecule has 0 amide bonds. The molecule has 1 saturated heterocycles. The van der Waals surface area contributed by atoms with Crippen molar-refractivity contribution in [3.05, 3.63) is 44.2 Å². The fourth-order valence-electron chi connectivity index (χ4n) is 2.67. The van der Waals surface area contributed by atoms with Crippen LogP contribution in [0.2, 0.25) is 0 Å². The van der Waals surface area contributed by atoms with Gasteiger partial charge >= 0.3 is 5.69 Å². The summed E-state index contributed by atoms with van der Waals surface area (Å²) in [5.41, 5.74) is 0.330. The first-order valence-corrected chi connectivity index (χ1v) is 9.42. The zero-order valence-corrected chi connectivity index (χ0v) is 14.3. The van der Waals surface area contributed by atoms with E-state index in [0.717, 1.165) is 19.4 Å². The van der Waals surface area contributed by atoms with Crippen LogP contribution in [0.4, 0.5) is 0 Å². The number of thioether (sulfide) groups is 1. The summed E-state index contributed by atoms with van der Waals surface area (Å²) in [6.07, 6.45) is 3.74. The topological polar surface area (TPSA) is 94.3 Å². The molecule has 0 radical (unpaired) electrons. The minimum Gasteiger partial charge on any atom is -0.376 e. The highest BCUT2D eigenvalue weighted by molar-refractivity contribution is 7.98. The molecule has 3 aromatic rings. The van der Waals surface area contributed by atoms with Gasteiger partial charge in [0, 0.05) is 30.0 Å². The average molecular weight is 365 g/mol. The molecule has 1 atom stereocenters. The fourth-order valence-corrected chi connectivity index (χ4v) is 4.25. The third-order valence-corrected chi connectivity index (χ3v) is 5.61. The first-order valence-electron chi connectivity index (χ1n) is 7.56. The number of fused-ring (bicyclic) bond motifs is 1. The van der Waals surface area contributed by atoms with Crippen LogP contribution < -0.4 is 11.2 Å². The third kappa shape index (κ3) is 3.04. The Hall–Kier alpha value is -1.91. The largest absolute Gasteiger partial charge is 0.376 e. The summed E-state index contributed by atoms with van der Waals surface area (Å²) in [7, 11) is 0. The first-order chi connectivity index (χ1) is 11.7. The van der Waals surface area contributed by atoms with Crippen molar-refractivity contribution in [1.82, 2.24) is 24.1 Å². The molecule has 4 rings (SSSR count). The van der Waals surface area contributed by atoms with E-state index in [1.807, 2.05) is 5.38 Å². The van der Waals surface area contributed by atoms with Crippen LogP contribution in [-0.2, 0) is 17.0 Å². The summed E-state index contributed by atoms with van der Waals surface area (Å²) in [5, 5.41) is 8.97. The van der Waals surface area contributed by atoms with E-state index in [1.165, 1.54) is 33.6 Å². The maximum absolute atomic E-state index is 12.0. The minimum atomic E-state index is -0.241. The summed E-state index contributed by atoms with van der Waals surface area (Å²) in [6.45, 7) is 1.24. The van der Waals surface area contributed by atoms with Gasteiger partial charge in [-0.1, -0.05) is 11.8 Å². The fraction of sp³-hybridized carbons (Fsp3) is 0.429. The van der Waals surface area contributed by atoms with Crippen LogP contribution in [0.15, 0.2) is 32.4 Å². The molecule has 0 spiro atoms. The molecule has 0 saturated carbocycles. The van der Waals surface area contributed by atoms with Gasteiger partial charge in [0.15, 0.2) is 10.1 Å². The summed E-state index contributed by atoms with van der Waals surface area (Å²) in [6, 6.07) is 1.52. The molecule has 1 fully saturated rings. The number of H-pyrrole nitrogens is 1. The van der Waals surface area contributed by atoms with E-state index in [0.29, 0.717) is 28.1 Å². The summed E-state index contributed by atoms with van der Waals surface area (Å²) in [5.74, 6) is 0.472. The molecule has 24 heavy (non-hydrogen) atoms. The smallest absolute Gasteiger partial charge is 0.344 e. The molecule has 1 aliphatic rings. The van der Waals surface area contributed by atoms with Crippen LogP contribution in [0.25, 0.3) is 4.96 Å². The zero-order chi connectivity index (χ0) is 16.5. The van der Waals surface area contributed by atoms with E-state index >= 15 is 0 Å². The van der Waals surface area contributed by atoms with E-state index in [4.69, 9.17) is 4.74 Å². The molecule has 0 aromatic carbocycles. The Labute approximate surface area is 144 Å². The van der Waals surface area contributed by atoms with Gasteiger partial charge in [-0.05, 0) is 12.8 Å². The number of hydrogen-bond acceptors (Lipinski definition) is 7. The second-order valence-electron chi connectivity index (χ2n) is 5.49. The van der Waals surface area contributed by atoms with Gasteiger partial charge in [-0.3, -0.25) is 13.8 Å². The van der Waals surface area contributed by atoms with E-state index < -0.39 is 0 Å². The van der Waals surface area contributed by atoms with Crippen molar-refractivity contribution in [2.24, 2.45) is 0 Å². The molecule has 1 aliphatic heterocycles. The Kier molecular flexibility index (Phi) is 4.25. The van der Waals surface area contributed by atoms with Crippen molar-refractivity contribution in [1.29, 1.82) is 0 Å². The average Bonchev–Trinajstić information content (AvgIpc) is 3.29. The van der Waals surface area contributed by atoms with Crippen molar-refractivity contribution in [2.75, 3.05) is 6.61 Å². The molecule has 1 N–H and O–H groups in total. The second kappa shape index (κ2) is 6.54. The van der Waals surface area contributed by atoms with E-state index in [1.54, 1.807) is 10.8 Å². The van der Waals surface area contributed by atoms with Crippen LogP contribution in [0.5, 0.6) is 0 Å². The Morgan fingerprint density at radius 1 is 1.46 bits per heavy atom. The normalized spacial score (nSPS) is 17.8. The van der Waals surface area contributed by atoms with Gasteiger partial charge in [0.1, 0.15) is 0 Å². The summed E-state index contributed by atoms with van der Waals surface area (Å²) in [4.78, 5) is 29.1. The Bertz CT molecular complexity index is 967. The van der Waals surface area contributed by atoms with Gasteiger partial charge in [-0.15, -0.1) is 16.4 Å². The van der Waals surface area contributed by atoms with Crippen LogP contribution in [-0.4, -0.2) is 36.9 Å². The molecule has 0 aliphatic carbocycles. The van der Waals surface area contributed by atoms with Gasteiger partial charge in [-0.25, -0.2) is 14.9 Å². The first kappa shape index (κ1) is 15.6. The van der Waals surface area contributed by atoms with Gasteiger partial charge in [0.2, 0.25) is 0 Å². The lowest BCUT2D eigenvalue weighted by molar-refractivity contribution is 0.0941. The van der Waals surface area contributed by atoms with E-state index in [9.17, 15) is 9.59 Å². The van der Waals surface area contributed by atoms with E-state index in [-0.39, 0.29) is 17.4 Å². The van der Waals surface area contributed by atoms with Crippen molar-refractivity contribution in [2.45, 2.75) is 36.4 Å². The highest BCUT2D eigenvalue weighted by Gasteiger charge is 2.19. The number of aromatic nitrogens is 5. The number of aromatic amines is 1. The van der Waals surface area contributed by atoms with Crippen LogP contribution >= 0.6 is 23.1 Å². The van der Waals surface area contributed by atoms with E-state index in [2.05, 4.69) is 15.2 Å². The van der Waals surface area contributed by atoms with Crippen LogP contribution in [0.1, 0.15) is 18.5 Å². The third-order valence-electron chi connectivity index (χ3n) is 3.84. The summed E-state index contributed by atoms with van der Waals surface area (Å²) < 4.78 is 8.70. The van der Waals surface area contributed by atoms with Gasteiger partial charge in [-0.2, -0.15) is 0 Å². The predicted molar refractivity (Wildman–Crippen MR) is 90.7 cm³/mol. The Morgan fingerprint density at radius 2 is 2.38 bits per heavy atom. The molecule has 3 aromatic heterocycles. The SMILES string of the molecule is O=c1[nH]nc(SCc2cc(=O)n3ccsc3n2)n1CC1CCCO1. The lowest BCUT2D eigenvalue weighted by Crippen LogP contribution is -2.25. The molecule has 126 valence electrons. The summed E-state index contributed by atoms with van der Waals surface area (Å²) >= 11 is 2.80. The van der Waals surface area contributed by atoms with Crippen LogP contribution in [0, 0.1) is 0 Å².